The fraction of sp³-hybridized carbons (Fsp3) is 0.273. The lowest BCUT2D eigenvalue weighted by molar-refractivity contribution is -0.138. The van der Waals surface area contributed by atoms with Crippen LogP contribution in [0.4, 0.5) is 13.2 Å². The summed E-state index contributed by atoms with van der Waals surface area (Å²) in [5, 5.41) is 0.222. The molecular formula is C22H19ClF3NO3S. The number of methoxy groups -OCH3 is 1. The van der Waals surface area contributed by atoms with E-state index in [4.69, 9.17) is 21.1 Å². The number of ketones is 1. The van der Waals surface area contributed by atoms with E-state index in [9.17, 15) is 18.0 Å². The van der Waals surface area contributed by atoms with Crippen LogP contribution >= 0.6 is 23.1 Å². The van der Waals surface area contributed by atoms with Gasteiger partial charge >= 0.3 is 6.18 Å². The third-order valence-electron chi connectivity index (χ3n) is 4.61. The third kappa shape index (κ3) is 5.57. The molecule has 4 nitrogen and oxygen atoms in total. The van der Waals surface area contributed by atoms with Gasteiger partial charge in [0.05, 0.1) is 17.6 Å². The number of para-hydroxylation sites is 1. The zero-order valence-corrected chi connectivity index (χ0v) is 18.3. The van der Waals surface area contributed by atoms with Gasteiger partial charge in [-0.2, -0.15) is 17.5 Å². The first kappa shape index (κ1) is 23.1. The van der Waals surface area contributed by atoms with Gasteiger partial charge in [-0.05, 0) is 54.7 Å². The number of aryl methyl sites for hydroxylation is 1. The first-order valence-electron chi connectivity index (χ1n) is 9.30. The second-order valence-electron chi connectivity index (χ2n) is 6.79. The summed E-state index contributed by atoms with van der Waals surface area (Å²) in [5.41, 5.74) is 0.569. The van der Waals surface area contributed by atoms with Crippen molar-refractivity contribution in [2.75, 3.05) is 7.11 Å². The SMILES string of the molecule is COc1ccccc1-c1snc(Cl)c1COc1ccc(CCC(C)=O)c(C(F)(F)F)c1. The van der Waals surface area contributed by atoms with E-state index in [0.717, 1.165) is 28.0 Å². The van der Waals surface area contributed by atoms with E-state index < -0.39 is 11.7 Å². The van der Waals surface area contributed by atoms with E-state index in [1.807, 2.05) is 18.2 Å². The largest absolute Gasteiger partial charge is 0.496 e. The van der Waals surface area contributed by atoms with Crippen molar-refractivity contribution in [1.82, 2.24) is 4.37 Å². The van der Waals surface area contributed by atoms with Crippen LogP contribution in [0.3, 0.4) is 0 Å². The quantitative estimate of drug-likeness (QED) is 0.373. The van der Waals surface area contributed by atoms with Gasteiger partial charge in [-0.1, -0.05) is 29.8 Å². The molecule has 2 aromatic carbocycles. The molecular weight excluding hydrogens is 451 g/mol. The van der Waals surface area contributed by atoms with Crippen LogP contribution in [0.1, 0.15) is 30.0 Å². The van der Waals surface area contributed by atoms with Crippen LogP contribution in [0.15, 0.2) is 42.5 Å². The van der Waals surface area contributed by atoms with E-state index in [-0.39, 0.29) is 41.7 Å². The van der Waals surface area contributed by atoms with E-state index >= 15 is 0 Å². The number of hydrogen-bond acceptors (Lipinski definition) is 5. The lowest BCUT2D eigenvalue weighted by atomic mass is 10.0. The molecule has 0 atom stereocenters. The van der Waals surface area contributed by atoms with Crippen molar-refractivity contribution in [3.63, 3.8) is 0 Å². The molecule has 0 saturated heterocycles. The number of aromatic nitrogens is 1. The monoisotopic (exact) mass is 469 g/mol. The molecule has 0 radical (unpaired) electrons. The van der Waals surface area contributed by atoms with Crippen LogP contribution in [0.5, 0.6) is 11.5 Å². The standard InChI is InChI=1S/C22H19ClF3NO3S/c1-13(28)7-8-14-9-10-15(11-18(14)22(24,25)26)30-12-17-20(31-27-21(17)23)16-5-3-4-6-19(16)29-2/h3-6,9-11H,7-8,12H2,1-2H3. The topological polar surface area (TPSA) is 48.4 Å². The van der Waals surface area contributed by atoms with Gasteiger partial charge in [0.1, 0.15) is 29.0 Å². The van der Waals surface area contributed by atoms with Gasteiger partial charge in [0.2, 0.25) is 0 Å². The van der Waals surface area contributed by atoms with Crippen LogP contribution in [0, 0.1) is 0 Å². The summed E-state index contributed by atoms with van der Waals surface area (Å²) in [4.78, 5) is 11.9. The summed E-state index contributed by atoms with van der Waals surface area (Å²) in [7, 11) is 1.55. The summed E-state index contributed by atoms with van der Waals surface area (Å²) in [6.45, 7) is 1.29. The number of halogens is 4. The fourth-order valence-corrected chi connectivity index (χ4v) is 4.18. The van der Waals surface area contributed by atoms with Crippen LogP contribution < -0.4 is 9.47 Å². The second kappa shape index (κ2) is 9.70. The highest BCUT2D eigenvalue weighted by molar-refractivity contribution is 7.10. The Bertz CT molecular complexity index is 1080. The van der Waals surface area contributed by atoms with Crippen LogP contribution in [-0.4, -0.2) is 17.3 Å². The Morgan fingerprint density at radius 1 is 1.19 bits per heavy atom. The van der Waals surface area contributed by atoms with Gasteiger partial charge < -0.3 is 14.3 Å². The minimum absolute atomic E-state index is 0.0166. The molecule has 0 bridgehead atoms. The van der Waals surface area contributed by atoms with Crippen LogP contribution in [0.2, 0.25) is 5.15 Å². The van der Waals surface area contributed by atoms with Crippen LogP contribution in [-0.2, 0) is 24.0 Å². The summed E-state index contributed by atoms with van der Waals surface area (Å²) in [6.07, 6.45) is -4.50. The molecule has 0 saturated carbocycles. The van der Waals surface area contributed by atoms with Crippen molar-refractivity contribution in [3.8, 4) is 21.9 Å². The molecule has 3 aromatic rings. The number of carbonyl (C=O) groups is 1. The average molecular weight is 470 g/mol. The summed E-state index contributed by atoms with van der Waals surface area (Å²) < 4.78 is 55.7. The predicted molar refractivity (Wildman–Crippen MR) is 114 cm³/mol. The molecule has 1 aromatic heterocycles. The molecule has 0 spiro atoms. The molecule has 164 valence electrons. The highest BCUT2D eigenvalue weighted by atomic mass is 35.5. The lowest BCUT2D eigenvalue weighted by Crippen LogP contribution is -2.11. The van der Waals surface area contributed by atoms with Crippen molar-refractivity contribution in [2.24, 2.45) is 0 Å². The number of alkyl halides is 3. The highest BCUT2D eigenvalue weighted by Crippen LogP contribution is 2.39. The number of carbonyl (C=O) groups excluding carboxylic acids is 1. The van der Waals surface area contributed by atoms with Crippen LogP contribution in [0.25, 0.3) is 10.4 Å². The number of ether oxygens (including phenoxy) is 2. The Labute approximate surface area is 186 Å². The maximum atomic E-state index is 13.5. The molecule has 0 amide bonds. The Kier molecular flexibility index (Phi) is 7.23. The molecule has 0 N–H and O–H groups in total. The molecule has 0 aliphatic heterocycles. The Morgan fingerprint density at radius 3 is 2.61 bits per heavy atom. The van der Waals surface area contributed by atoms with Gasteiger partial charge in [-0.3, -0.25) is 0 Å². The summed E-state index contributed by atoms with van der Waals surface area (Å²) in [5.74, 6) is 0.502. The summed E-state index contributed by atoms with van der Waals surface area (Å²) >= 11 is 7.38. The van der Waals surface area contributed by atoms with Crippen molar-refractivity contribution in [1.29, 1.82) is 0 Å². The average Bonchev–Trinajstić information content (AvgIpc) is 3.10. The zero-order valence-electron chi connectivity index (χ0n) is 16.8. The molecule has 1 heterocycles. The Morgan fingerprint density at radius 2 is 1.94 bits per heavy atom. The molecule has 3 rings (SSSR count). The minimum atomic E-state index is -4.56. The normalized spacial score (nSPS) is 11.4. The molecule has 0 aliphatic rings. The number of hydrogen-bond donors (Lipinski definition) is 0. The molecule has 0 aliphatic carbocycles. The van der Waals surface area contributed by atoms with Crippen molar-refractivity contribution < 1.29 is 27.4 Å². The second-order valence-corrected chi connectivity index (χ2v) is 7.92. The van der Waals surface area contributed by atoms with Gasteiger partial charge in [0.15, 0.2) is 0 Å². The van der Waals surface area contributed by atoms with E-state index in [2.05, 4.69) is 4.37 Å². The first-order chi connectivity index (χ1) is 14.7. The van der Waals surface area contributed by atoms with Gasteiger partial charge in [-0.15, -0.1) is 0 Å². The Hall–Kier alpha value is -2.58. The zero-order chi connectivity index (χ0) is 22.6. The fourth-order valence-electron chi connectivity index (χ4n) is 3.05. The molecule has 31 heavy (non-hydrogen) atoms. The number of rotatable bonds is 8. The van der Waals surface area contributed by atoms with E-state index in [0.29, 0.717) is 11.3 Å². The van der Waals surface area contributed by atoms with Crippen molar-refractivity contribution >= 4 is 28.9 Å². The van der Waals surface area contributed by atoms with Crippen molar-refractivity contribution in [3.05, 3.63) is 64.3 Å². The smallest absolute Gasteiger partial charge is 0.416 e. The predicted octanol–water partition coefficient (Wildman–Crippen LogP) is 6.59. The maximum Gasteiger partial charge on any atom is 0.416 e. The van der Waals surface area contributed by atoms with Crippen molar-refractivity contribution in [2.45, 2.75) is 32.5 Å². The molecule has 9 heteroatoms. The van der Waals surface area contributed by atoms with Gasteiger partial charge in [0, 0.05) is 17.5 Å². The lowest BCUT2D eigenvalue weighted by Gasteiger charge is -2.15. The number of nitrogens with zero attached hydrogens (tertiary/aromatic N) is 1. The molecule has 0 fully saturated rings. The Balaban J connectivity index is 1.87. The van der Waals surface area contributed by atoms with Gasteiger partial charge in [0.25, 0.3) is 0 Å². The number of Topliss-reactive ketones (excluding diaryl/α,β-unsaturated/α-hetero) is 1. The summed E-state index contributed by atoms with van der Waals surface area (Å²) in [6, 6.07) is 11.1. The highest BCUT2D eigenvalue weighted by Gasteiger charge is 2.33. The minimum Gasteiger partial charge on any atom is -0.496 e. The molecule has 0 unspecified atom stereocenters. The first-order valence-corrected chi connectivity index (χ1v) is 10.5. The maximum absolute atomic E-state index is 13.5. The van der Waals surface area contributed by atoms with E-state index in [1.54, 1.807) is 13.2 Å². The number of benzene rings is 2. The van der Waals surface area contributed by atoms with E-state index in [1.165, 1.54) is 19.1 Å². The third-order valence-corrected chi connectivity index (χ3v) is 5.94. The van der Waals surface area contributed by atoms with Gasteiger partial charge in [-0.25, -0.2) is 0 Å².